The normalized spacial score (nSPS) is 32.1. The Morgan fingerprint density at radius 2 is 1.81 bits per heavy atom. The summed E-state index contributed by atoms with van der Waals surface area (Å²) in [5, 5.41) is 0. The van der Waals surface area contributed by atoms with E-state index in [4.69, 9.17) is 0 Å². The van der Waals surface area contributed by atoms with Gasteiger partial charge in [-0.15, -0.1) is 0 Å². The molecule has 0 heterocycles. The summed E-state index contributed by atoms with van der Waals surface area (Å²) in [6.45, 7) is 1.85. The van der Waals surface area contributed by atoms with Crippen molar-refractivity contribution in [3.63, 3.8) is 0 Å². The molecule has 6 heteroatoms. The summed E-state index contributed by atoms with van der Waals surface area (Å²) in [6.07, 6.45) is 1.53. The van der Waals surface area contributed by atoms with Crippen molar-refractivity contribution in [2.75, 3.05) is 0 Å². The topological polar surface area (TPSA) is 58.2 Å². The number of hydrogen-bond acceptors (Lipinski definition) is 2. The first-order valence-corrected chi connectivity index (χ1v) is 8.47. The fourth-order valence-electron chi connectivity index (χ4n) is 2.55. The number of nitrogens with one attached hydrogen (secondary N) is 2. The maximum absolute atomic E-state index is 12.1. The lowest BCUT2D eigenvalue weighted by molar-refractivity contribution is -0.132. The summed E-state index contributed by atoms with van der Waals surface area (Å²) in [5.74, 6) is -0.0684. The molecule has 0 saturated heterocycles. The first-order valence-electron chi connectivity index (χ1n) is 6.88. The van der Waals surface area contributed by atoms with Gasteiger partial charge in [0.05, 0.1) is 8.65 Å². The van der Waals surface area contributed by atoms with Gasteiger partial charge in [-0.1, -0.05) is 62.2 Å². The van der Waals surface area contributed by atoms with Crippen molar-refractivity contribution in [3.8, 4) is 0 Å². The van der Waals surface area contributed by atoms with Crippen molar-refractivity contribution in [2.24, 2.45) is 11.3 Å². The van der Waals surface area contributed by atoms with Crippen molar-refractivity contribution in [3.05, 3.63) is 35.9 Å². The molecule has 4 nitrogen and oxygen atoms in total. The molecule has 0 unspecified atom stereocenters. The van der Waals surface area contributed by atoms with Crippen LogP contribution in [0.5, 0.6) is 0 Å². The Balaban J connectivity index is 1.50. The summed E-state index contributed by atoms with van der Waals surface area (Å²) < 4.78 is -0.353. The fraction of sp³-hybridized carbons (Fsp3) is 0.467. The lowest BCUT2D eigenvalue weighted by atomic mass is 10.1. The molecule has 2 saturated carbocycles. The predicted octanol–water partition coefficient (Wildman–Crippen LogP) is 2.83. The van der Waals surface area contributed by atoms with Gasteiger partial charge in [-0.05, 0) is 31.2 Å². The number of rotatable bonds is 3. The zero-order valence-corrected chi connectivity index (χ0v) is 14.7. The third-order valence-corrected chi connectivity index (χ3v) is 6.72. The van der Waals surface area contributed by atoms with Gasteiger partial charge in [-0.2, -0.15) is 0 Å². The lowest BCUT2D eigenvalue weighted by Crippen LogP contribution is -2.46. The number of halogens is 2. The molecule has 112 valence electrons. The first-order chi connectivity index (χ1) is 9.85. The summed E-state index contributed by atoms with van der Waals surface area (Å²) >= 11 is 6.88. The van der Waals surface area contributed by atoms with Gasteiger partial charge in [0, 0.05) is 5.92 Å². The number of alkyl halides is 2. The van der Waals surface area contributed by atoms with Crippen molar-refractivity contribution in [1.82, 2.24) is 10.9 Å². The van der Waals surface area contributed by atoms with Gasteiger partial charge in [0.2, 0.25) is 11.8 Å². The van der Waals surface area contributed by atoms with Crippen LogP contribution in [0, 0.1) is 11.3 Å². The van der Waals surface area contributed by atoms with Gasteiger partial charge in [-0.3, -0.25) is 20.4 Å². The van der Waals surface area contributed by atoms with Crippen LogP contribution < -0.4 is 10.9 Å². The molecule has 2 aliphatic rings. The second-order valence-electron chi connectivity index (χ2n) is 6.02. The largest absolute Gasteiger partial charge is 0.273 e. The number of carbonyl (C=O) groups excluding carboxylic acids is 2. The molecular formula is C15H16Br2N2O2. The van der Waals surface area contributed by atoms with Gasteiger partial charge in [0.1, 0.15) is 0 Å². The minimum atomic E-state index is -0.525. The van der Waals surface area contributed by atoms with Crippen molar-refractivity contribution in [1.29, 1.82) is 0 Å². The number of amides is 2. The van der Waals surface area contributed by atoms with E-state index >= 15 is 0 Å². The maximum atomic E-state index is 12.1. The quantitative estimate of drug-likeness (QED) is 0.589. The highest BCUT2D eigenvalue weighted by Gasteiger charge is 2.66. The minimum absolute atomic E-state index is 0.0441. The van der Waals surface area contributed by atoms with E-state index in [1.807, 2.05) is 37.3 Å². The van der Waals surface area contributed by atoms with Gasteiger partial charge >= 0.3 is 0 Å². The van der Waals surface area contributed by atoms with Gasteiger partial charge in [0.25, 0.3) is 0 Å². The molecule has 0 bridgehead atoms. The molecule has 2 amide bonds. The molecule has 3 rings (SSSR count). The summed E-state index contributed by atoms with van der Waals surface area (Å²) in [4.78, 5) is 24.1. The molecule has 2 aliphatic carbocycles. The van der Waals surface area contributed by atoms with Gasteiger partial charge in [-0.25, -0.2) is 0 Å². The summed E-state index contributed by atoms with van der Waals surface area (Å²) in [5.41, 5.74) is 5.74. The van der Waals surface area contributed by atoms with Crippen LogP contribution in [0.3, 0.4) is 0 Å². The van der Waals surface area contributed by atoms with E-state index in [2.05, 4.69) is 42.7 Å². The zero-order chi connectivity index (χ0) is 15.3. The van der Waals surface area contributed by atoms with Crippen LogP contribution in [-0.2, 0) is 9.59 Å². The third kappa shape index (κ3) is 2.75. The summed E-state index contributed by atoms with van der Waals surface area (Å²) in [7, 11) is 0. The van der Waals surface area contributed by atoms with Gasteiger partial charge in [0.15, 0.2) is 0 Å². The van der Waals surface area contributed by atoms with E-state index in [0.29, 0.717) is 6.42 Å². The van der Waals surface area contributed by atoms with Crippen LogP contribution in [0.1, 0.15) is 31.2 Å². The molecule has 2 N–H and O–H groups in total. The maximum Gasteiger partial charge on any atom is 0.246 e. The number of benzene rings is 1. The van der Waals surface area contributed by atoms with Crippen LogP contribution in [0.4, 0.5) is 0 Å². The van der Waals surface area contributed by atoms with E-state index in [1.54, 1.807) is 0 Å². The molecule has 3 atom stereocenters. The van der Waals surface area contributed by atoms with Crippen molar-refractivity contribution >= 4 is 43.7 Å². The predicted molar refractivity (Wildman–Crippen MR) is 86.9 cm³/mol. The highest BCUT2D eigenvalue weighted by molar-refractivity contribution is 9.25. The molecule has 0 spiro atoms. The van der Waals surface area contributed by atoms with Gasteiger partial charge < -0.3 is 0 Å². The average Bonchev–Trinajstić information content (AvgIpc) is 3.33. The molecule has 2 fully saturated rings. The van der Waals surface area contributed by atoms with Crippen LogP contribution in [0.15, 0.2) is 30.3 Å². The van der Waals surface area contributed by atoms with E-state index in [-0.39, 0.29) is 26.9 Å². The zero-order valence-electron chi connectivity index (χ0n) is 11.5. The van der Waals surface area contributed by atoms with Crippen LogP contribution in [0.25, 0.3) is 0 Å². The Hall–Kier alpha value is -0.880. The number of carbonyl (C=O) groups is 2. The molecule has 21 heavy (non-hydrogen) atoms. The smallest absolute Gasteiger partial charge is 0.246 e. The molecule has 1 aromatic carbocycles. The monoisotopic (exact) mass is 414 g/mol. The minimum Gasteiger partial charge on any atom is -0.273 e. The van der Waals surface area contributed by atoms with Crippen LogP contribution in [0.2, 0.25) is 0 Å². The lowest BCUT2D eigenvalue weighted by Gasteiger charge is -2.13. The Morgan fingerprint density at radius 3 is 2.38 bits per heavy atom. The molecular weight excluding hydrogens is 400 g/mol. The van der Waals surface area contributed by atoms with Crippen LogP contribution in [-0.4, -0.2) is 15.0 Å². The Labute approximate surface area is 140 Å². The second kappa shape index (κ2) is 5.09. The van der Waals surface area contributed by atoms with E-state index in [9.17, 15) is 9.59 Å². The highest BCUT2D eigenvalue weighted by atomic mass is 79.9. The Morgan fingerprint density at radius 1 is 1.19 bits per heavy atom. The highest BCUT2D eigenvalue weighted by Crippen LogP contribution is 2.66. The van der Waals surface area contributed by atoms with E-state index in [0.717, 1.165) is 6.42 Å². The number of hydrogen-bond donors (Lipinski definition) is 2. The number of hydrazine groups is 1. The first kappa shape index (κ1) is 15.0. The Kier molecular flexibility index (Phi) is 3.64. The fourth-order valence-corrected chi connectivity index (χ4v) is 4.03. The third-order valence-electron chi connectivity index (χ3n) is 4.41. The Bertz CT molecular complexity index is 591. The summed E-state index contributed by atoms with van der Waals surface area (Å²) in [6, 6.07) is 9.98. The van der Waals surface area contributed by atoms with Crippen molar-refractivity contribution in [2.45, 2.75) is 28.9 Å². The second-order valence-corrected chi connectivity index (χ2v) is 9.79. The molecule has 1 aromatic rings. The SMILES string of the molecule is C[C@]1(C(=O)NNC(=O)[C@H]2C[C@H]2c2ccccc2)CC1(Br)Br. The van der Waals surface area contributed by atoms with E-state index in [1.165, 1.54) is 5.56 Å². The molecule has 0 aromatic heterocycles. The standard InChI is InChI=1S/C15H16Br2N2O2/c1-14(8-15(14,16)17)13(21)19-18-12(20)11-7-10(11)9-5-3-2-4-6-9/h2-6,10-11H,7-8H2,1H3,(H,18,20)(H,19,21)/t10-,11-,14+/m0/s1. The van der Waals surface area contributed by atoms with Crippen LogP contribution >= 0.6 is 31.9 Å². The average molecular weight is 416 g/mol. The molecule has 0 aliphatic heterocycles. The van der Waals surface area contributed by atoms with E-state index < -0.39 is 5.41 Å². The molecule has 0 radical (unpaired) electrons. The van der Waals surface area contributed by atoms with Crippen molar-refractivity contribution < 1.29 is 9.59 Å².